The molecule has 10 nitrogen and oxygen atoms in total. The van der Waals surface area contributed by atoms with Crippen LogP contribution in [0, 0.1) is 5.82 Å². The van der Waals surface area contributed by atoms with Gasteiger partial charge in [-0.05, 0) is 57.2 Å². The Bertz CT molecular complexity index is 1700. The molecule has 6 rings (SSSR count). The van der Waals surface area contributed by atoms with Crippen molar-refractivity contribution in [2.75, 3.05) is 59.7 Å². The largest absolute Gasteiger partial charge is 0.382 e. The van der Waals surface area contributed by atoms with E-state index in [0.717, 1.165) is 25.3 Å². The van der Waals surface area contributed by atoms with Crippen molar-refractivity contribution in [3.8, 4) is 0 Å². The van der Waals surface area contributed by atoms with E-state index in [4.69, 9.17) is 4.98 Å². The number of hydrogen-bond acceptors (Lipinski definition) is 9. The monoisotopic (exact) mass is 570 g/mol. The zero-order valence-electron chi connectivity index (χ0n) is 24.0. The molecule has 0 amide bonds. The van der Waals surface area contributed by atoms with Gasteiger partial charge in [0.05, 0.1) is 5.69 Å². The zero-order valence-corrected chi connectivity index (χ0v) is 24.0. The molecule has 2 aromatic heterocycles. The summed E-state index contributed by atoms with van der Waals surface area (Å²) in [6.07, 6.45) is 1.63. The van der Waals surface area contributed by atoms with Crippen LogP contribution >= 0.6 is 0 Å². The Morgan fingerprint density at radius 1 is 1.12 bits per heavy atom. The highest BCUT2D eigenvalue weighted by Gasteiger charge is 2.32. The molecule has 0 bridgehead atoms. The number of nitrogens with zero attached hydrogens (tertiary/aromatic N) is 5. The van der Waals surface area contributed by atoms with Crippen LogP contribution in [-0.4, -0.2) is 65.6 Å². The highest BCUT2D eigenvalue weighted by atomic mass is 19.1. The van der Waals surface area contributed by atoms with Crippen LogP contribution in [0.25, 0.3) is 11.0 Å². The van der Waals surface area contributed by atoms with Crippen molar-refractivity contribution in [1.29, 1.82) is 0 Å². The number of nitrogens with one attached hydrogen (secondary N) is 3. The van der Waals surface area contributed by atoms with Gasteiger partial charge in [-0.3, -0.25) is 14.2 Å². The minimum Gasteiger partial charge on any atom is -0.382 e. The molecule has 2 unspecified atom stereocenters. The van der Waals surface area contributed by atoms with Gasteiger partial charge in [-0.25, -0.2) is 9.37 Å². The fourth-order valence-corrected chi connectivity index (χ4v) is 5.91. The van der Waals surface area contributed by atoms with Crippen LogP contribution < -0.4 is 31.3 Å². The van der Waals surface area contributed by atoms with E-state index in [2.05, 4.69) is 27.9 Å². The van der Waals surface area contributed by atoms with E-state index in [1.54, 1.807) is 30.5 Å². The number of ketones is 1. The average Bonchev–Trinajstić information content (AvgIpc) is 2.99. The second kappa shape index (κ2) is 11.4. The Hall–Kier alpha value is -4.51. The number of halogens is 1. The van der Waals surface area contributed by atoms with E-state index in [0.29, 0.717) is 46.7 Å². The first kappa shape index (κ1) is 27.6. The molecular weight excluding hydrogens is 535 g/mol. The Balaban J connectivity index is 1.40. The van der Waals surface area contributed by atoms with Gasteiger partial charge in [-0.2, -0.15) is 4.98 Å². The van der Waals surface area contributed by atoms with Gasteiger partial charge in [-0.15, -0.1) is 0 Å². The SMILES string of the molecule is CCN(CC)c1cc2cnc(Nc3ccc(N4CCNC(C)C4)c(F)c3)nc2n(C2CNc3ccccc3C2=O)c1=O. The molecule has 1 fully saturated rings. The maximum atomic E-state index is 15.2. The summed E-state index contributed by atoms with van der Waals surface area (Å²) in [5.74, 6) is -0.295. The van der Waals surface area contributed by atoms with E-state index >= 15 is 4.39 Å². The van der Waals surface area contributed by atoms with Gasteiger partial charge >= 0.3 is 0 Å². The van der Waals surface area contributed by atoms with Crippen molar-refractivity contribution in [2.45, 2.75) is 32.9 Å². The minimum atomic E-state index is -0.800. The molecule has 0 saturated carbocycles. The number of para-hydroxylation sites is 1. The van der Waals surface area contributed by atoms with Gasteiger partial charge in [0, 0.05) is 73.8 Å². The average molecular weight is 571 g/mol. The van der Waals surface area contributed by atoms with Gasteiger partial charge in [0.2, 0.25) is 5.95 Å². The fraction of sp³-hybridized carbons (Fsp3) is 0.355. The van der Waals surface area contributed by atoms with Crippen LogP contribution in [0.2, 0.25) is 0 Å². The Morgan fingerprint density at radius 2 is 1.93 bits per heavy atom. The van der Waals surface area contributed by atoms with Gasteiger partial charge in [0.25, 0.3) is 5.56 Å². The zero-order chi connectivity index (χ0) is 29.4. The summed E-state index contributed by atoms with van der Waals surface area (Å²) < 4.78 is 16.7. The van der Waals surface area contributed by atoms with Crippen molar-refractivity contribution in [1.82, 2.24) is 19.9 Å². The lowest BCUT2D eigenvalue weighted by molar-refractivity contribution is 0.0927. The van der Waals surface area contributed by atoms with E-state index in [1.807, 2.05) is 41.8 Å². The number of hydrogen-bond donors (Lipinski definition) is 3. The summed E-state index contributed by atoms with van der Waals surface area (Å²) in [5, 5.41) is 10.4. The highest BCUT2D eigenvalue weighted by molar-refractivity contribution is 6.06. The molecule has 4 heterocycles. The van der Waals surface area contributed by atoms with Crippen molar-refractivity contribution in [3.05, 3.63) is 76.5 Å². The number of carbonyl (C=O) groups is 1. The van der Waals surface area contributed by atoms with Crippen LogP contribution in [0.15, 0.2) is 59.5 Å². The van der Waals surface area contributed by atoms with Crippen LogP contribution in [0.5, 0.6) is 0 Å². The lowest BCUT2D eigenvalue weighted by Gasteiger charge is -2.33. The molecule has 1 saturated heterocycles. The fourth-order valence-electron chi connectivity index (χ4n) is 5.91. The molecule has 0 spiro atoms. The predicted molar refractivity (Wildman–Crippen MR) is 165 cm³/mol. The van der Waals surface area contributed by atoms with Crippen LogP contribution in [0.4, 0.5) is 33.1 Å². The van der Waals surface area contributed by atoms with Crippen molar-refractivity contribution < 1.29 is 9.18 Å². The molecule has 2 aliphatic heterocycles. The minimum absolute atomic E-state index is 0.155. The van der Waals surface area contributed by atoms with E-state index in [9.17, 15) is 9.59 Å². The van der Waals surface area contributed by atoms with Crippen LogP contribution in [0.1, 0.15) is 37.2 Å². The molecule has 2 aromatic carbocycles. The molecule has 0 radical (unpaired) electrons. The number of piperazine rings is 1. The lowest BCUT2D eigenvalue weighted by atomic mass is 9.97. The number of fused-ring (bicyclic) bond motifs is 2. The second-order valence-electron chi connectivity index (χ2n) is 10.7. The number of aromatic nitrogens is 3. The first-order chi connectivity index (χ1) is 20.4. The first-order valence-electron chi connectivity index (χ1n) is 14.5. The molecular formula is C31H35FN8O2. The number of anilines is 5. The number of carbonyl (C=O) groups excluding carboxylic acids is 1. The molecule has 11 heteroatoms. The third-order valence-corrected chi connectivity index (χ3v) is 8.06. The third-order valence-electron chi connectivity index (χ3n) is 8.06. The first-order valence-corrected chi connectivity index (χ1v) is 14.5. The standard InChI is InChI=1S/C31H35FN8O2/c1-4-38(5-2)26-14-20-16-35-31(36-21-10-11-25(23(32)15-21)39-13-12-33-19(3)18-39)37-29(20)40(30(26)42)27-17-34-24-9-7-6-8-22(24)28(27)41/h6-11,14-16,19,27,33-34H,4-5,12-13,17-18H2,1-3H3,(H,35,36,37). The van der Waals surface area contributed by atoms with Crippen molar-refractivity contribution in [2.24, 2.45) is 0 Å². The number of rotatable bonds is 7. The highest BCUT2D eigenvalue weighted by Crippen LogP contribution is 2.30. The van der Waals surface area contributed by atoms with Gasteiger partial charge in [0.15, 0.2) is 5.78 Å². The second-order valence-corrected chi connectivity index (χ2v) is 10.7. The third kappa shape index (κ3) is 5.04. The lowest BCUT2D eigenvalue weighted by Crippen LogP contribution is -2.49. The van der Waals surface area contributed by atoms with Gasteiger partial charge in [0.1, 0.15) is 23.2 Å². The Morgan fingerprint density at radius 3 is 2.69 bits per heavy atom. The van der Waals surface area contributed by atoms with E-state index < -0.39 is 6.04 Å². The molecule has 218 valence electrons. The molecule has 4 aromatic rings. The normalized spacial score (nSPS) is 18.5. The summed E-state index contributed by atoms with van der Waals surface area (Å²) in [6.45, 7) is 9.81. The summed E-state index contributed by atoms with van der Waals surface area (Å²) in [5.41, 5.74) is 2.84. The van der Waals surface area contributed by atoms with Gasteiger partial charge in [-0.1, -0.05) is 12.1 Å². The number of Topliss-reactive ketones (excluding diaryl/α,β-unsaturated/α-hetero) is 1. The van der Waals surface area contributed by atoms with Crippen molar-refractivity contribution >= 4 is 45.5 Å². The summed E-state index contributed by atoms with van der Waals surface area (Å²) in [4.78, 5) is 40.9. The smallest absolute Gasteiger partial charge is 0.276 e. The maximum absolute atomic E-state index is 15.2. The molecule has 42 heavy (non-hydrogen) atoms. The number of benzene rings is 2. The van der Waals surface area contributed by atoms with Crippen LogP contribution in [-0.2, 0) is 0 Å². The summed E-state index contributed by atoms with van der Waals surface area (Å²) >= 11 is 0. The predicted octanol–water partition coefficient (Wildman–Crippen LogP) is 4.17. The van der Waals surface area contributed by atoms with E-state index in [1.165, 1.54) is 10.6 Å². The number of pyridine rings is 1. The quantitative estimate of drug-likeness (QED) is 0.302. The maximum Gasteiger partial charge on any atom is 0.276 e. The van der Waals surface area contributed by atoms with E-state index in [-0.39, 0.29) is 35.7 Å². The van der Waals surface area contributed by atoms with Crippen molar-refractivity contribution in [3.63, 3.8) is 0 Å². The van der Waals surface area contributed by atoms with Gasteiger partial charge < -0.3 is 25.8 Å². The molecule has 2 aliphatic rings. The molecule has 0 aliphatic carbocycles. The topological polar surface area (TPSA) is 107 Å². The Labute approximate surface area is 243 Å². The van der Waals surface area contributed by atoms with Crippen LogP contribution in [0.3, 0.4) is 0 Å². The summed E-state index contributed by atoms with van der Waals surface area (Å²) in [7, 11) is 0. The molecule has 3 N–H and O–H groups in total. The molecule has 2 atom stereocenters. The summed E-state index contributed by atoms with van der Waals surface area (Å²) in [6, 6.07) is 13.5. The Kier molecular flexibility index (Phi) is 7.51.